The second-order valence-electron chi connectivity index (χ2n) is 5.50. The molecule has 0 radical (unpaired) electrons. The summed E-state index contributed by atoms with van der Waals surface area (Å²) in [6.07, 6.45) is 1.40. The highest BCUT2D eigenvalue weighted by atomic mass is 16.6. The molecule has 4 nitrogen and oxygen atoms in total. The molecule has 4 heteroatoms. The molecule has 3 atom stereocenters. The van der Waals surface area contributed by atoms with Crippen molar-refractivity contribution in [3.05, 3.63) is 0 Å². The number of carbonyl (C=O) groups is 1. The van der Waals surface area contributed by atoms with E-state index in [1.807, 2.05) is 27.7 Å². The molecule has 0 amide bonds. The zero-order chi connectivity index (χ0) is 13.6. The number of nitrogens with two attached hydrogens (primary N) is 1. The van der Waals surface area contributed by atoms with Crippen molar-refractivity contribution in [3.63, 3.8) is 0 Å². The minimum absolute atomic E-state index is 0.0830. The first-order valence-corrected chi connectivity index (χ1v) is 6.31. The molecule has 0 aromatic carbocycles. The Kier molecular flexibility index (Phi) is 6.72. The predicted octanol–water partition coefficient (Wildman–Crippen LogP) is 2.25. The largest absolute Gasteiger partial charge is 0.461 e. The molecule has 0 spiro atoms. The Hall–Kier alpha value is -0.610. The molecule has 2 N–H and O–H groups in total. The molecular formula is C13H27NO3. The number of ether oxygens (including phenoxy) is 2. The molecule has 0 saturated carbocycles. The molecule has 0 saturated heterocycles. The molecule has 1 unspecified atom stereocenters. The van der Waals surface area contributed by atoms with Crippen LogP contribution >= 0.6 is 0 Å². The van der Waals surface area contributed by atoms with E-state index in [4.69, 9.17) is 15.2 Å². The van der Waals surface area contributed by atoms with Gasteiger partial charge in [-0.1, -0.05) is 13.3 Å². The summed E-state index contributed by atoms with van der Waals surface area (Å²) < 4.78 is 10.9. The van der Waals surface area contributed by atoms with Gasteiger partial charge in [-0.15, -0.1) is 0 Å². The molecule has 102 valence electrons. The van der Waals surface area contributed by atoms with E-state index in [-0.39, 0.29) is 23.8 Å². The fourth-order valence-corrected chi connectivity index (χ4v) is 1.56. The summed E-state index contributed by atoms with van der Waals surface area (Å²) in [5, 5.41) is 0. The summed E-state index contributed by atoms with van der Waals surface area (Å²) in [5.41, 5.74) is 5.50. The maximum atomic E-state index is 11.7. The van der Waals surface area contributed by atoms with E-state index in [2.05, 4.69) is 6.92 Å². The number of rotatable bonds is 6. The molecule has 0 heterocycles. The van der Waals surface area contributed by atoms with Crippen molar-refractivity contribution in [2.24, 2.45) is 5.73 Å². The quantitative estimate of drug-likeness (QED) is 0.729. The molecular weight excluding hydrogens is 218 g/mol. The molecule has 0 bridgehead atoms. The number of esters is 1. The van der Waals surface area contributed by atoms with Crippen molar-refractivity contribution in [3.8, 4) is 0 Å². The Morgan fingerprint density at radius 2 is 1.82 bits per heavy atom. The second-order valence-corrected chi connectivity index (χ2v) is 5.50. The fraction of sp³-hybridized carbons (Fsp3) is 0.923. The topological polar surface area (TPSA) is 61.5 Å². The second kappa shape index (κ2) is 6.97. The molecule has 17 heavy (non-hydrogen) atoms. The number of carbonyl (C=O) groups excluding carboxylic acids is 1. The number of hydrogen-bond acceptors (Lipinski definition) is 4. The van der Waals surface area contributed by atoms with Gasteiger partial charge in [0.25, 0.3) is 0 Å². The van der Waals surface area contributed by atoms with Crippen molar-refractivity contribution in [1.29, 1.82) is 0 Å². The van der Waals surface area contributed by atoms with Gasteiger partial charge in [-0.2, -0.15) is 0 Å². The van der Waals surface area contributed by atoms with Crippen LogP contribution in [0.1, 0.15) is 54.4 Å². The maximum Gasteiger partial charge on any atom is 0.325 e. The highest BCUT2D eigenvalue weighted by molar-refractivity contribution is 5.76. The summed E-state index contributed by atoms with van der Waals surface area (Å²) in [4.78, 5) is 11.7. The highest BCUT2D eigenvalue weighted by Gasteiger charge is 2.27. The number of hydrogen-bond donors (Lipinski definition) is 1. The van der Waals surface area contributed by atoms with Gasteiger partial charge in [-0.05, 0) is 41.0 Å². The van der Waals surface area contributed by atoms with Gasteiger partial charge in [0, 0.05) is 0 Å². The normalized spacial score (nSPS) is 17.4. The zero-order valence-corrected chi connectivity index (χ0v) is 11.9. The Morgan fingerprint density at radius 1 is 1.29 bits per heavy atom. The lowest BCUT2D eigenvalue weighted by molar-refractivity contribution is -0.156. The monoisotopic (exact) mass is 245 g/mol. The Balaban J connectivity index is 4.20. The van der Waals surface area contributed by atoms with Crippen molar-refractivity contribution in [2.75, 3.05) is 0 Å². The first-order chi connectivity index (χ1) is 7.67. The van der Waals surface area contributed by atoms with Crippen LogP contribution in [0, 0.1) is 0 Å². The smallest absolute Gasteiger partial charge is 0.325 e. The van der Waals surface area contributed by atoms with Crippen LogP contribution in [0.3, 0.4) is 0 Å². The van der Waals surface area contributed by atoms with E-state index in [0.29, 0.717) is 0 Å². The van der Waals surface area contributed by atoms with Gasteiger partial charge in [0.1, 0.15) is 6.04 Å². The Bertz CT molecular complexity index is 235. The molecule has 0 fully saturated rings. The van der Waals surface area contributed by atoms with Crippen LogP contribution < -0.4 is 5.73 Å². The minimum Gasteiger partial charge on any atom is -0.461 e. The third kappa shape index (κ3) is 7.34. The van der Waals surface area contributed by atoms with Gasteiger partial charge in [0.2, 0.25) is 0 Å². The van der Waals surface area contributed by atoms with Crippen LogP contribution in [0.25, 0.3) is 0 Å². The van der Waals surface area contributed by atoms with Crippen molar-refractivity contribution < 1.29 is 14.3 Å². The van der Waals surface area contributed by atoms with Gasteiger partial charge >= 0.3 is 5.97 Å². The zero-order valence-electron chi connectivity index (χ0n) is 11.9. The van der Waals surface area contributed by atoms with Crippen molar-refractivity contribution in [2.45, 2.75) is 78.2 Å². The van der Waals surface area contributed by atoms with Crippen LogP contribution in [-0.2, 0) is 14.3 Å². The first-order valence-electron chi connectivity index (χ1n) is 6.31. The van der Waals surface area contributed by atoms with Gasteiger partial charge in [0.05, 0.1) is 17.8 Å². The Labute approximate surface area is 105 Å². The van der Waals surface area contributed by atoms with Gasteiger partial charge in [-0.3, -0.25) is 4.79 Å². The predicted molar refractivity (Wildman–Crippen MR) is 68.7 cm³/mol. The summed E-state index contributed by atoms with van der Waals surface area (Å²) in [7, 11) is 0. The lowest BCUT2D eigenvalue weighted by Crippen LogP contribution is -2.46. The van der Waals surface area contributed by atoms with E-state index < -0.39 is 6.04 Å². The standard InChI is InChI=1S/C13H27NO3/c1-7-8-9(2)16-12(15)11(14)10(3)17-13(4,5)6/h9-11H,7-8,14H2,1-6H3/t9?,10-,11+/m1/s1. The van der Waals surface area contributed by atoms with Crippen molar-refractivity contribution in [1.82, 2.24) is 0 Å². The highest BCUT2D eigenvalue weighted by Crippen LogP contribution is 2.13. The fourth-order valence-electron chi connectivity index (χ4n) is 1.56. The SMILES string of the molecule is CCCC(C)OC(=O)[C@@H](N)[C@@H](C)OC(C)(C)C. The molecule has 0 rings (SSSR count). The third-order valence-corrected chi connectivity index (χ3v) is 2.33. The minimum atomic E-state index is -0.728. The van der Waals surface area contributed by atoms with Crippen LogP contribution in [0.15, 0.2) is 0 Å². The average Bonchev–Trinajstić information content (AvgIpc) is 2.13. The van der Waals surface area contributed by atoms with Gasteiger partial charge in [0.15, 0.2) is 0 Å². The summed E-state index contributed by atoms with van der Waals surface area (Å²) in [6.45, 7) is 11.5. The molecule has 0 aliphatic carbocycles. The summed E-state index contributed by atoms with van der Waals surface area (Å²) in [6, 6.07) is -0.728. The van der Waals surface area contributed by atoms with Crippen LogP contribution in [0.2, 0.25) is 0 Å². The van der Waals surface area contributed by atoms with Crippen LogP contribution in [0.4, 0.5) is 0 Å². The maximum absolute atomic E-state index is 11.7. The summed E-state index contributed by atoms with van der Waals surface area (Å²) >= 11 is 0. The first kappa shape index (κ1) is 16.4. The molecule has 0 aromatic rings. The van der Waals surface area contributed by atoms with E-state index in [9.17, 15) is 4.79 Å². The molecule has 0 aliphatic heterocycles. The van der Waals surface area contributed by atoms with Crippen molar-refractivity contribution >= 4 is 5.97 Å². The summed E-state index contributed by atoms with van der Waals surface area (Å²) in [5.74, 6) is -0.386. The van der Waals surface area contributed by atoms with Gasteiger partial charge in [-0.25, -0.2) is 0 Å². The lowest BCUT2D eigenvalue weighted by Gasteiger charge is -2.28. The Morgan fingerprint density at radius 3 is 2.24 bits per heavy atom. The van der Waals surface area contributed by atoms with E-state index in [1.165, 1.54) is 0 Å². The molecule has 0 aliphatic rings. The van der Waals surface area contributed by atoms with E-state index in [1.54, 1.807) is 6.92 Å². The molecule has 0 aromatic heterocycles. The van der Waals surface area contributed by atoms with E-state index >= 15 is 0 Å². The van der Waals surface area contributed by atoms with E-state index in [0.717, 1.165) is 12.8 Å². The third-order valence-electron chi connectivity index (χ3n) is 2.33. The van der Waals surface area contributed by atoms with Crippen LogP contribution in [-0.4, -0.2) is 29.8 Å². The van der Waals surface area contributed by atoms with Gasteiger partial charge < -0.3 is 15.2 Å². The lowest BCUT2D eigenvalue weighted by atomic mass is 10.1. The van der Waals surface area contributed by atoms with Crippen LogP contribution in [0.5, 0.6) is 0 Å². The average molecular weight is 245 g/mol.